The summed E-state index contributed by atoms with van der Waals surface area (Å²) in [4.78, 5) is 12.5. The summed E-state index contributed by atoms with van der Waals surface area (Å²) in [6, 6.07) is 4.99. The number of rotatable bonds is 6. The molecule has 0 aliphatic heterocycles. The van der Waals surface area contributed by atoms with Gasteiger partial charge >= 0.3 is 0 Å². The molecule has 1 aromatic heterocycles. The molecule has 6 nitrogen and oxygen atoms in total. The Balaban J connectivity index is 2.19. The average Bonchev–Trinajstić information content (AvgIpc) is 2.94. The van der Waals surface area contributed by atoms with Crippen LogP contribution in [0.2, 0.25) is 0 Å². The molecule has 0 fully saturated rings. The fourth-order valence-corrected chi connectivity index (χ4v) is 2.54. The summed E-state index contributed by atoms with van der Waals surface area (Å²) < 4.78 is 12.3. The van der Waals surface area contributed by atoms with Gasteiger partial charge in [0.25, 0.3) is 5.91 Å². The molecule has 1 atom stereocenters. The number of benzene rings is 1. The maximum absolute atomic E-state index is 12.5. The molecule has 0 saturated heterocycles. The first-order valence-electron chi connectivity index (χ1n) is 7.57. The van der Waals surface area contributed by atoms with Crippen molar-refractivity contribution in [2.75, 3.05) is 14.2 Å². The Hall–Kier alpha value is -2.50. The minimum atomic E-state index is -0.194. The highest BCUT2D eigenvalue weighted by Gasteiger charge is 2.19. The molecule has 2 aromatic rings. The molecule has 0 saturated carbocycles. The van der Waals surface area contributed by atoms with E-state index in [0.29, 0.717) is 17.1 Å². The number of methoxy groups -OCH3 is 2. The quantitative estimate of drug-likeness (QED) is 0.889. The number of nitrogens with one attached hydrogen (secondary N) is 1. The molecule has 124 valence electrons. The first-order chi connectivity index (χ1) is 11.0. The Kier molecular flexibility index (Phi) is 5.26. The van der Waals surface area contributed by atoms with Gasteiger partial charge in [0.05, 0.1) is 32.0 Å². The van der Waals surface area contributed by atoms with Crippen molar-refractivity contribution in [3.63, 3.8) is 0 Å². The molecular formula is C17H23N3O3. The maximum atomic E-state index is 12.5. The van der Waals surface area contributed by atoms with E-state index in [-0.39, 0.29) is 11.9 Å². The zero-order valence-corrected chi connectivity index (χ0v) is 14.2. The largest absolute Gasteiger partial charge is 0.497 e. The van der Waals surface area contributed by atoms with Gasteiger partial charge in [0.1, 0.15) is 11.5 Å². The fraction of sp³-hybridized carbons (Fsp3) is 0.412. The highest BCUT2D eigenvalue weighted by Crippen LogP contribution is 2.25. The van der Waals surface area contributed by atoms with E-state index in [2.05, 4.69) is 10.4 Å². The molecule has 1 heterocycles. The van der Waals surface area contributed by atoms with Crippen molar-refractivity contribution in [3.05, 3.63) is 41.2 Å². The number of aryl methyl sites for hydroxylation is 1. The van der Waals surface area contributed by atoms with Crippen LogP contribution in [0.15, 0.2) is 24.4 Å². The summed E-state index contributed by atoms with van der Waals surface area (Å²) in [6.45, 7) is 6.79. The lowest BCUT2D eigenvalue weighted by Crippen LogP contribution is -2.27. The molecule has 0 bridgehead atoms. The van der Waals surface area contributed by atoms with Gasteiger partial charge in [-0.2, -0.15) is 5.10 Å². The van der Waals surface area contributed by atoms with E-state index in [1.54, 1.807) is 31.5 Å². The van der Waals surface area contributed by atoms with Crippen molar-refractivity contribution in [2.24, 2.45) is 0 Å². The van der Waals surface area contributed by atoms with E-state index in [1.807, 2.05) is 25.5 Å². The van der Waals surface area contributed by atoms with Gasteiger partial charge in [-0.1, -0.05) is 0 Å². The third-order valence-electron chi connectivity index (χ3n) is 3.91. The smallest absolute Gasteiger partial charge is 0.255 e. The van der Waals surface area contributed by atoms with Gasteiger partial charge in [-0.05, 0) is 32.9 Å². The Bertz CT molecular complexity index is 694. The van der Waals surface area contributed by atoms with Gasteiger partial charge in [-0.3, -0.25) is 9.48 Å². The summed E-state index contributed by atoms with van der Waals surface area (Å²) >= 11 is 0. The Morgan fingerprint density at radius 1 is 1.35 bits per heavy atom. The van der Waals surface area contributed by atoms with Gasteiger partial charge < -0.3 is 14.8 Å². The van der Waals surface area contributed by atoms with Crippen LogP contribution in [0.25, 0.3) is 0 Å². The first-order valence-corrected chi connectivity index (χ1v) is 7.57. The number of nitrogens with zero attached hydrogens (tertiary/aromatic N) is 2. The van der Waals surface area contributed by atoms with Gasteiger partial charge in [-0.25, -0.2) is 0 Å². The molecule has 0 aliphatic carbocycles. The summed E-state index contributed by atoms with van der Waals surface area (Å²) in [5, 5.41) is 7.31. The molecule has 1 unspecified atom stereocenters. The predicted octanol–water partition coefficient (Wildman–Crippen LogP) is 2.72. The van der Waals surface area contributed by atoms with Crippen molar-refractivity contribution < 1.29 is 14.3 Å². The van der Waals surface area contributed by atoms with Crippen LogP contribution in [0.1, 0.15) is 41.5 Å². The Labute approximate surface area is 136 Å². The molecule has 0 spiro atoms. The third-order valence-corrected chi connectivity index (χ3v) is 3.91. The number of hydrogen-bond donors (Lipinski definition) is 1. The highest BCUT2D eigenvalue weighted by molar-refractivity contribution is 5.97. The van der Waals surface area contributed by atoms with E-state index in [9.17, 15) is 4.79 Å². The van der Waals surface area contributed by atoms with E-state index in [4.69, 9.17) is 9.47 Å². The van der Waals surface area contributed by atoms with E-state index in [1.165, 1.54) is 7.11 Å². The van der Waals surface area contributed by atoms with E-state index in [0.717, 1.165) is 17.8 Å². The molecule has 0 radical (unpaired) electrons. The van der Waals surface area contributed by atoms with Crippen molar-refractivity contribution in [3.8, 4) is 11.5 Å². The van der Waals surface area contributed by atoms with E-state index >= 15 is 0 Å². The second-order valence-electron chi connectivity index (χ2n) is 5.26. The van der Waals surface area contributed by atoms with Gasteiger partial charge in [0.15, 0.2) is 0 Å². The number of ether oxygens (including phenoxy) is 2. The minimum absolute atomic E-state index is 0.144. The van der Waals surface area contributed by atoms with Crippen LogP contribution in [0, 0.1) is 6.92 Å². The van der Waals surface area contributed by atoms with E-state index < -0.39 is 0 Å². The van der Waals surface area contributed by atoms with Gasteiger partial charge in [0, 0.05) is 23.9 Å². The molecule has 23 heavy (non-hydrogen) atoms. The summed E-state index contributed by atoms with van der Waals surface area (Å²) in [5.41, 5.74) is 2.54. The highest BCUT2D eigenvalue weighted by atomic mass is 16.5. The fourth-order valence-electron chi connectivity index (χ4n) is 2.54. The lowest BCUT2D eigenvalue weighted by atomic mass is 10.1. The summed E-state index contributed by atoms with van der Waals surface area (Å²) in [5.74, 6) is 0.933. The average molecular weight is 317 g/mol. The molecule has 1 N–H and O–H groups in total. The lowest BCUT2D eigenvalue weighted by Gasteiger charge is -2.16. The molecule has 1 aromatic carbocycles. The van der Waals surface area contributed by atoms with Crippen molar-refractivity contribution >= 4 is 5.91 Å². The molecule has 2 rings (SSSR count). The topological polar surface area (TPSA) is 65.4 Å². The maximum Gasteiger partial charge on any atom is 0.255 e. The molecule has 0 aliphatic rings. The number of carbonyl (C=O) groups is 1. The summed E-state index contributed by atoms with van der Waals surface area (Å²) in [6.07, 6.45) is 1.80. The van der Waals surface area contributed by atoms with Crippen LogP contribution in [-0.4, -0.2) is 29.9 Å². The lowest BCUT2D eigenvalue weighted by molar-refractivity contribution is 0.0936. The molecular weight excluding hydrogens is 294 g/mol. The minimum Gasteiger partial charge on any atom is -0.497 e. The van der Waals surface area contributed by atoms with Crippen LogP contribution >= 0.6 is 0 Å². The summed E-state index contributed by atoms with van der Waals surface area (Å²) in [7, 11) is 3.11. The van der Waals surface area contributed by atoms with Crippen molar-refractivity contribution in [1.82, 2.24) is 15.1 Å². The Morgan fingerprint density at radius 2 is 2.09 bits per heavy atom. The predicted molar refractivity (Wildman–Crippen MR) is 88.1 cm³/mol. The number of amides is 1. The van der Waals surface area contributed by atoms with Gasteiger partial charge in [-0.15, -0.1) is 0 Å². The van der Waals surface area contributed by atoms with Crippen LogP contribution in [0.3, 0.4) is 0 Å². The number of carbonyl (C=O) groups excluding carboxylic acids is 1. The van der Waals surface area contributed by atoms with Crippen LogP contribution in [0.4, 0.5) is 0 Å². The second kappa shape index (κ2) is 7.17. The standard InChI is InChI=1S/C17H23N3O3/c1-6-20-12(3)15(10-18-20)11(2)19-17(21)14-8-7-13(22-4)9-16(14)23-5/h7-11H,6H2,1-5H3,(H,19,21). The van der Waals surface area contributed by atoms with Crippen LogP contribution in [-0.2, 0) is 6.54 Å². The SMILES string of the molecule is CCn1ncc(C(C)NC(=O)c2ccc(OC)cc2OC)c1C. The second-order valence-corrected chi connectivity index (χ2v) is 5.26. The van der Waals surface area contributed by atoms with Crippen LogP contribution < -0.4 is 14.8 Å². The molecule has 1 amide bonds. The number of hydrogen-bond acceptors (Lipinski definition) is 4. The molecule has 6 heteroatoms. The Morgan fingerprint density at radius 3 is 2.65 bits per heavy atom. The zero-order chi connectivity index (χ0) is 17.0. The first kappa shape index (κ1) is 16.9. The van der Waals surface area contributed by atoms with Crippen molar-refractivity contribution in [2.45, 2.75) is 33.4 Å². The number of aromatic nitrogens is 2. The van der Waals surface area contributed by atoms with Crippen LogP contribution in [0.5, 0.6) is 11.5 Å². The van der Waals surface area contributed by atoms with Gasteiger partial charge in [0.2, 0.25) is 0 Å². The normalized spacial score (nSPS) is 11.9. The van der Waals surface area contributed by atoms with Crippen molar-refractivity contribution in [1.29, 1.82) is 0 Å². The zero-order valence-electron chi connectivity index (χ0n) is 14.2. The monoisotopic (exact) mass is 317 g/mol. The third kappa shape index (κ3) is 3.47.